The number of hydrogen-bond donors (Lipinski definition) is 1. The number of piperidine rings is 1. The second-order valence-corrected chi connectivity index (χ2v) is 5.56. The van der Waals surface area contributed by atoms with Crippen molar-refractivity contribution >= 4 is 23.2 Å². The number of aromatic nitrogens is 1. The molecule has 5 heteroatoms. The SMILES string of the molecule is CC1CN(Cc2cnc(Cl)cc2Cl)CCC1N. The minimum absolute atomic E-state index is 0.324. The zero-order chi connectivity index (χ0) is 12.4. The van der Waals surface area contributed by atoms with Crippen LogP contribution in [0.5, 0.6) is 0 Å². The van der Waals surface area contributed by atoms with E-state index in [1.54, 1.807) is 12.3 Å². The molecule has 0 amide bonds. The van der Waals surface area contributed by atoms with Crippen LogP contribution in [-0.2, 0) is 6.54 Å². The maximum absolute atomic E-state index is 6.14. The molecular formula is C12H17Cl2N3. The van der Waals surface area contributed by atoms with Gasteiger partial charge in [-0.3, -0.25) is 4.90 Å². The summed E-state index contributed by atoms with van der Waals surface area (Å²) in [5.41, 5.74) is 7.03. The molecule has 1 aliphatic rings. The summed E-state index contributed by atoms with van der Waals surface area (Å²) in [6.07, 6.45) is 2.80. The van der Waals surface area contributed by atoms with Gasteiger partial charge in [0.1, 0.15) is 5.15 Å². The second-order valence-electron chi connectivity index (χ2n) is 4.76. The normalized spacial score (nSPS) is 26.1. The van der Waals surface area contributed by atoms with Crippen molar-refractivity contribution in [3.05, 3.63) is 28.0 Å². The molecular weight excluding hydrogens is 257 g/mol. The Morgan fingerprint density at radius 2 is 2.29 bits per heavy atom. The van der Waals surface area contributed by atoms with Gasteiger partial charge in [-0.1, -0.05) is 30.1 Å². The number of nitrogens with zero attached hydrogens (tertiary/aromatic N) is 2. The Hall–Kier alpha value is -0.350. The van der Waals surface area contributed by atoms with Gasteiger partial charge in [-0.05, 0) is 24.9 Å². The number of nitrogens with two attached hydrogens (primary N) is 1. The van der Waals surface area contributed by atoms with Crippen molar-refractivity contribution in [1.82, 2.24) is 9.88 Å². The van der Waals surface area contributed by atoms with E-state index in [9.17, 15) is 0 Å². The molecule has 94 valence electrons. The zero-order valence-corrected chi connectivity index (χ0v) is 11.4. The highest BCUT2D eigenvalue weighted by molar-refractivity contribution is 6.34. The lowest BCUT2D eigenvalue weighted by atomic mass is 9.94. The summed E-state index contributed by atoms with van der Waals surface area (Å²) in [7, 11) is 0. The molecule has 2 N–H and O–H groups in total. The maximum Gasteiger partial charge on any atom is 0.130 e. The Balaban J connectivity index is 2.01. The largest absolute Gasteiger partial charge is 0.327 e. The fourth-order valence-corrected chi connectivity index (χ4v) is 2.61. The summed E-state index contributed by atoms with van der Waals surface area (Å²) in [6, 6.07) is 2.02. The average molecular weight is 274 g/mol. The summed E-state index contributed by atoms with van der Waals surface area (Å²) in [5.74, 6) is 0.530. The van der Waals surface area contributed by atoms with Crippen LogP contribution in [0.15, 0.2) is 12.3 Å². The van der Waals surface area contributed by atoms with Crippen LogP contribution in [0.4, 0.5) is 0 Å². The van der Waals surface area contributed by atoms with Crippen molar-refractivity contribution in [2.75, 3.05) is 13.1 Å². The third kappa shape index (κ3) is 3.32. The molecule has 2 rings (SSSR count). The first-order valence-electron chi connectivity index (χ1n) is 5.84. The first-order valence-corrected chi connectivity index (χ1v) is 6.59. The third-order valence-electron chi connectivity index (χ3n) is 3.35. The average Bonchev–Trinajstić information content (AvgIpc) is 2.27. The lowest BCUT2D eigenvalue weighted by Gasteiger charge is -2.35. The van der Waals surface area contributed by atoms with Crippen LogP contribution in [0.25, 0.3) is 0 Å². The Labute approximate surface area is 112 Å². The summed E-state index contributed by atoms with van der Waals surface area (Å²) in [4.78, 5) is 6.43. The van der Waals surface area contributed by atoms with Crippen molar-refractivity contribution in [2.45, 2.75) is 25.9 Å². The molecule has 1 aliphatic heterocycles. The number of rotatable bonds is 2. The van der Waals surface area contributed by atoms with E-state index in [0.717, 1.165) is 31.6 Å². The number of pyridine rings is 1. The molecule has 2 heterocycles. The molecule has 1 aromatic rings. The molecule has 0 aliphatic carbocycles. The van der Waals surface area contributed by atoms with Gasteiger partial charge < -0.3 is 5.73 Å². The first kappa shape index (κ1) is 13.1. The van der Waals surface area contributed by atoms with Crippen molar-refractivity contribution in [3.8, 4) is 0 Å². The molecule has 0 bridgehead atoms. The predicted octanol–water partition coefficient (Wildman–Crippen LogP) is 2.56. The van der Waals surface area contributed by atoms with E-state index in [1.165, 1.54) is 0 Å². The van der Waals surface area contributed by atoms with Gasteiger partial charge in [0.15, 0.2) is 0 Å². The minimum Gasteiger partial charge on any atom is -0.327 e. The second kappa shape index (κ2) is 5.53. The summed E-state index contributed by atoms with van der Waals surface area (Å²) in [5, 5.41) is 1.13. The van der Waals surface area contributed by atoms with Crippen LogP contribution in [0.3, 0.4) is 0 Å². The molecule has 1 saturated heterocycles. The zero-order valence-electron chi connectivity index (χ0n) is 9.87. The van der Waals surface area contributed by atoms with Crippen LogP contribution in [0.2, 0.25) is 10.2 Å². The topological polar surface area (TPSA) is 42.2 Å². The monoisotopic (exact) mass is 273 g/mol. The van der Waals surface area contributed by atoms with Crippen LogP contribution >= 0.6 is 23.2 Å². The predicted molar refractivity (Wildman–Crippen MR) is 71.3 cm³/mol. The smallest absolute Gasteiger partial charge is 0.130 e. The van der Waals surface area contributed by atoms with E-state index in [0.29, 0.717) is 22.1 Å². The lowest BCUT2D eigenvalue weighted by Crippen LogP contribution is -2.45. The Kier molecular flexibility index (Phi) is 4.26. The molecule has 2 atom stereocenters. The Morgan fingerprint density at radius 3 is 2.94 bits per heavy atom. The highest BCUT2D eigenvalue weighted by atomic mass is 35.5. The van der Waals surface area contributed by atoms with E-state index in [4.69, 9.17) is 28.9 Å². The summed E-state index contributed by atoms with van der Waals surface area (Å²) < 4.78 is 0. The van der Waals surface area contributed by atoms with Gasteiger partial charge in [0.25, 0.3) is 0 Å². The van der Waals surface area contributed by atoms with Gasteiger partial charge in [-0.2, -0.15) is 0 Å². The third-order valence-corrected chi connectivity index (χ3v) is 3.90. The van der Waals surface area contributed by atoms with Crippen molar-refractivity contribution < 1.29 is 0 Å². The van der Waals surface area contributed by atoms with Crippen molar-refractivity contribution in [1.29, 1.82) is 0 Å². The van der Waals surface area contributed by atoms with E-state index in [1.807, 2.05) is 0 Å². The number of hydrogen-bond acceptors (Lipinski definition) is 3. The molecule has 1 fully saturated rings. The molecule has 1 aromatic heterocycles. The van der Waals surface area contributed by atoms with Gasteiger partial charge in [-0.25, -0.2) is 4.98 Å². The molecule has 0 aromatic carbocycles. The first-order chi connectivity index (χ1) is 8.06. The molecule has 0 saturated carbocycles. The standard InChI is InChI=1S/C12H17Cl2N3/c1-8-6-17(3-2-11(8)15)7-9-5-16-12(14)4-10(9)13/h4-5,8,11H,2-3,6-7,15H2,1H3. The molecule has 2 unspecified atom stereocenters. The van der Waals surface area contributed by atoms with E-state index >= 15 is 0 Å². The van der Waals surface area contributed by atoms with Gasteiger partial charge in [0, 0.05) is 35.9 Å². The lowest BCUT2D eigenvalue weighted by molar-refractivity contribution is 0.157. The van der Waals surface area contributed by atoms with Gasteiger partial charge >= 0.3 is 0 Å². The fourth-order valence-electron chi connectivity index (χ4n) is 2.19. The van der Waals surface area contributed by atoms with E-state index < -0.39 is 0 Å². The van der Waals surface area contributed by atoms with E-state index in [-0.39, 0.29) is 0 Å². The number of halogens is 2. The summed E-state index contributed by atoms with van der Waals surface area (Å²) in [6.45, 7) is 5.04. The van der Waals surface area contributed by atoms with Crippen molar-refractivity contribution in [3.63, 3.8) is 0 Å². The minimum atomic E-state index is 0.324. The Bertz CT molecular complexity index is 397. The number of likely N-dealkylation sites (tertiary alicyclic amines) is 1. The highest BCUT2D eigenvalue weighted by Gasteiger charge is 2.23. The van der Waals surface area contributed by atoms with Gasteiger partial charge in [0.2, 0.25) is 0 Å². The Morgan fingerprint density at radius 1 is 1.53 bits per heavy atom. The van der Waals surface area contributed by atoms with Gasteiger partial charge in [-0.15, -0.1) is 0 Å². The highest BCUT2D eigenvalue weighted by Crippen LogP contribution is 2.22. The fraction of sp³-hybridized carbons (Fsp3) is 0.583. The van der Waals surface area contributed by atoms with Crippen LogP contribution in [-0.4, -0.2) is 29.0 Å². The molecule has 3 nitrogen and oxygen atoms in total. The quantitative estimate of drug-likeness (QED) is 0.843. The van der Waals surface area contributed by atoms with Crippen LogP contribution in [0, 0.1) is 5.92 Å². The van der Waals surface area contributed by atoms with Crippen molar-refractivity contribution in [2.24, 2.45) is 11.7 Å². The van der Waals surface area contributed by atoms with Crippen LogP contribution in [0.1, 0.15) is 18.9 Å². The van der Waals surface area contributed by atoms with Gasteiger partial charge in [0.05, 0.1) is 0 Å². The summed E-state index contributed by atoms with van der Waals surface area (Å²) >= 11 is 11.9. The van der Waals surface area contributed by atoms with Crippen LogP contribution < -0.4 is 5.73 Å². The molecule has 0 radical (unpaired) electrons. The molecule has 17 heavy (non-hydrogen) atoms. The van der Waals surface area contributed by atoms with E-state index in [2.05, 4.69) is 16.8 Å². The molecule has 0 spiro atoms. The maximum atomic E-state index is 6.14.